The number of aliphatic hydroxyl groups excluding tert-OH is 1. The van der Waals surface area contributed by atoms with Crippen molar-refractivity contribution in [3.63, 3.8) is 0 Å². The number of aliphatic hydroxyl groups is 1. The van der Waals surface area contributed by atoms with Gasteiger partial charge in [-0.05, 0) is 56.5 Å². The zero-order valence-corrected chi connectivity index (χ0v) is 10.8. The van der Waals surface area contributed by atoms with Crippen LogP contribution in [-0.4, -0.2) is 22.8 Å². The summed E-state index contributed by atoms with van der Waals surface area (Å²) in [6, 6.07) is 2.53. The van der Waals surface area contributed by atoms with E-state index >= 15 is 0 Å². The topological polar surface area (TPSA) is 32.3 Å². The first-order valence-corrected chi connectivity index (χ1v) is 6.33. The molecule has 0 saturated carbocycles. The highest BCUT2D eigenvalue weighted by molar-refractivity contribution is 7.07. The van der Waals surface area contributed by atoms with E-state index in [-0.39, 0.29) is 11.6 Å². The Morgan fingerprint density at radius 3 is 2.60 bits per heavy atom. The van der Waals surface area contributed by atoms with Gasteiger partial charge in [0.1, 0.15) is 0 Å². The van der Waals surface area contributed by atoms with E-state index in [9.17, 15) is 5.11 Å². The first-order valence-electron chi connectivity index (χ1n) is 5.38. The molecular formula is C12H21NOS. The largest absolute Gasteiger partial charge is 0.392 e. The molecule has 0 aliphatic carbocycles. The lowest BCUT2D eigenvalue weighted by Gasteiger charge is -2.33. The maximum atomic E-state index is 9.59. The van der Waals surface area contributed by atoms with Gasteiger partial charge in [-0.2, -0.15) is 11.3 Å². The van der Waals surface area contributed by atoms with Crippen LogP contribution in [-0.2, 0) is 6.42 Å². The molecule has 1 rings (SSSR count). The number of hydrogen-bond acceptors (Lipinski definition) is 3. The van der Waals surface area contributed by atoms with Gasteiger partial charge in [-0.3, -0.25) is 0 Å². The van der Waals surface area contributed by atoms with E-state index in [0.29, 0.717) is 6.04 Å². The van der Waals surface area contributed by atoms with Gasteiger partial charge in [0.2, 0.25) is 0 Å². The molecule has 0 radical (unpaired) electrons. The number of rotatable bonds is 5. The van der Waals surface area contributed by atoms with Crippen molar-refractivity contribution in [1.29, 1.82) is 0 Å². The molecule has 1 heterocycles. The fourth-order valence-corrected chi connectivity index (χ4v) is 2.25. The minimum atomic E-state index is -0.345. The third-order valence-electron chi connectivity index (χ3n) is 2.78. The summed E-state index contributed by atoms with van der Waals surface area (Å²) in [4.78, 5) is 0. The highest BCUT2D eigenvalue weighted by atomic mass is 32.1. The van der Waals surface area contributed by atoms with Crippen molar-refractivity contribution in [1.82, 2.24) is 5.32 Å². The van der Waals surface area contributed by atoms with E-state index in [1.165, 1.54) is 5.56 Å². The van der Waals surface area contributed by atoms with E-state index in [1.807, 2.05) is 20.8 Å². The van der Waals surface area contributed by atoms with E-state index in [0.717, 1.165) is 6.42 Å². The van der Waals surface area contributed by atoms with Crippen LogP contribution >= 0.6 is 11.3 Å². The average molecular weight is 227 g/mol. The Hall–Kier alpha value is -0.380. The second-order valence-corrected chi connectivity index (χ2v) is 5.56. The molecule has 2 atom stereocenters. The second kappa shape index (κ2) is 5.10. The van der Waals surface area contributed by atoms with Gasteiger partial charge in [-0.15, -0.1) is 0 Å². The number of thiophene rings is 1. The van der Waals surface area contributed by atoms with Crippen LogP contribution in [0.5, 0.6) is 0 Å². The highest BCUT2D eigenvalue weighted by Crippen LogP contribution is 2.13. The molecule has 15 heavy (non-hydrogen) atoms. The summed E-state index contributed by atoms with van der Waals surface area (Å²) in [6.07, 6.45) is 0.669. The molecule has 0 aliphatic heterocycles. The Morgan fingerprint density at radius 1 is 1.47 bits per heavy atom. The van der Waals surface area contributed by atoms with Crippen molar-refractivity contribution in [3.05, 3.63) is 22.4 Å². The molecule has 1 aromatic rings. The van der Waals surface area contributed by atoms with E-state index < -0.39 is 0 Å². The van der Waals surface area contributed by atoms with E-state index in [2.05, 4.69) is 29.1 Å². The summed E-state index contributed by atoms with van der Waals surface area (Å²) in [5, 5.41) is 17.3. The minimum Gasteiger partial charge on any atom is -0.392 e. The van der Waals surface area contributed by atoms with Crippen molar-refractivity contribution in [3.8, 4) is 0 Å². The molecule has 0 bridgehead atoms. The van der Waals surface area contributed by atoms with Gasteiger partial charge in [-0.25, -0.2) is 0 Å². The molecule has 3 heteroatoms. The van der Waals surface area contributed by atoms with Crippen molar-refractivity contribution >= 4 is 11.3 Å². The monoisotopic (exact) mass is 227 g/mol. The van der Waals surface area contributed by atoms with E-state index in [4.69, 9.17) is 0 Å². The summed E-state index contributed by atoms with van der Waals surface area (Å²) in [5.41, 5.74) is 1.14. The molecule has 2 nitrogen and oxygen atoms in total. The summed E-state index contributed by atoms with van der Waals surface area (Å²) in [6.45, 7) is 8.04. The molecule has 0 fully saturated rings. The Bertz CT molecular complexity index is 280. The Morgan fingerprint density at radius 2 is 2.13 bits per heavy atom. The SMILES string of the molecule is CC(Cc1ccsc1)NC(C)(C)C(C)O. The summed E-state index contributed by atoms with van der Waals surface area (Å²) >= 11 is 1.73. The van der Waals surface area contributed by atoms with Crippen molar-refractivity contribution in [2.45, 2.75) is 51.8 Å². The molecule has 1 aromatic heterocycles. The minimum absolute atomic E-state index is 0.227. The fraction of sp³-hybridized carbons (Fsp3) is 0.667. The van der Waals surface area contributed by atoms with Crippen LogP contribution in [0.3, 0.4) is 0 Å². The van der Waals surface area contributed by atoms with Crippen LogP contribution in [0.2, 0.25) is 0 Å². The van der Waals surface area contributed by atoms with Crippen LogP contribution < -0.4 is 5.32 Å². The summed E-state index contributed by atoms with van der Waals surface area (Å²) in [7, 11) is 0. The van der Waals surface area contributed by atoms with Crippen molar-refractivity contribution in [2.75, 3.05) is 0 Å². The Balaban J connectivity index is 2.45. The molecule has 0 saturated heterocycles. The molecule has 0 amide bonds. The first-order chi connectivity index (χ1) is 6.92. The summed E-state index contributed by atoms with van der Waals surface area (Å²) < 4.78 is 0. The van der Waals surface area contributed by atoms with Gasteiger partial charge in [0, 0.05) is 11.6 Å². The van der Waals surface area contributed by atoms with Gasteiger partial charge in [0.15, 0.2) is 0 Å². The van der Waals surface area contributed by atoms with Gasteiger partial charge in [0.05, 0.1) is 6.10 Å². The zero-order valence-electron chi connectivity index (χ0n) is 9.95. The fourth-order valence-electron chi connectivity index (χ4n) is 1.57. The lowest BCUT2D eigenvalue weighted by Crippen LogP contribution is -2.52. The quantitative estimate of drug-likeness (QED) is 0.809. The second-order valence-electron chi connectivity index (χ2n) is 4.78. The maximum Gasteiger partial charge on any atom is 0.0688 e. The molecule has 2 N–H and O–H groups in total. The van der Waals surface area contributed by atoms with Gasteiger partial charge >= 0.3 is 0 Å². The van der Waals surface area contributed by atoms with Crippen LogP contribution in [0.4, 0.5) is 0 Å². The number of nitrogens with one attached hydrogen (secondary N) is 1. The van der Waals surface area contributed by atoms with Crippen LogP contribution in [0.25, 0.3) is 0 Å². The van der Waals surface area contributed by atoms with E-state index in [1.54, 1.807) is 11.3 Å². The van der Waals surface area contributed by atoms with Gasteiger partial charge in [-0.1, -0.05) is 0 Å². The van der Waals surface area contributed by atoms with Crippen LogP contribution in [0.1, 0.15) is 33.3 Å². The zero-order chi connectivity index (χ0) is 11.5. The predicted molar refractivity (Wildman–Crippen MR) is 66.4 cm³/mol. The lowest BCUT2D eigenvalue weighted by molar-refractivity contribution is 0.0895. The van der Waals surface area contributed by atoms with Crippen LogP contribution in [0.15, 0.2) is 16.8 Å². The smallest absolute Gasteiger partial charge is 0.0688 e. The summed E-state index contributed by atoms with van der Waals surface area (Å²) in [5.74, 6) is 0. The first kappa shape index (κ1) is 12.7. The average Bonchev–Trinajstić information content (AvgIpc) is 2.54. The Labute approximate surface area is 96.3 Å². The molecule has 0 spiro atoms. The molecule has 0 aromatic carbocycles. The molecular weight excluding hydrogens is 206 g/mol. The number of hydrogen-bond donors (Lipinski definition) is 2. The maximum absolute atomic E-state index is 9.59. The molecule has 2 unspecified atom stereocenters. The van der Waals surface area contributed by atoms with Crippen molar-refractivity contribution in [2.24, 2.45) is 0 Å². The highest BCUT2D eigenvalue weighted by Gasteiger charge is 2.25. The van der Waals surface area contributed by atoms with Gasteiger partial charge in [0.25, 0.3) is 0 Å². The molecule has 0 aliphatic rings. The third-order valence-corrected chi connectivity index (χ3v) is 3.52. The third kappa shape index (κ3) is 3.93. The van der Waals surface area contributed by atoms with Crippen LogP contribution in [0, 0.1) is 0 Å². The molecule has 86 valence electrons. The Kier molecular flexibility index (Phi) is 4.32. The van der Waals surface area contributed by atoms with Crippen molar-refractivity contribution < 1.29 is 5.11 Å². The van der Waals surface area contributed by atoms with Gasteiger partial charge < -0.3 is 10.4 Å². The lowest BCUT2D eigenvalue weighted by atomic mass is 9.96. The normalized spacial score (nSPS) is 16.3. The standard InChI is InChI=1S/C12H21NOS/c1-9(7-11-5-6-15-8-11)13-12(3,4)10(2)14/h5-6,8-10,13-14H,7H2,1-4H3. The predicted octanol–water partition coefficient (Wildman–Crippen LogP) is 2.43.